The molecule has 9 heteroatoms. The molecule has 2 atom stereocenters. The van der Waals surface area contributed by atoms with Gasteiger partial charge < -0.3 is 15.4 Å². The summed E-state index contributed by atoms with van der Waals surface area (Å²) in [4.78, 5) is 21.2. The zero-order valence-corrected chi connectivity index (χ0v) is 16.1. The molecule has 0 saturated carbocycles. The topological polar surface area (TPSA) is 94.0 Å². The van der Waals surface area contributed by atoms with Crippen molar-refractivity contribution < 1.29 is 13.9 Å². The van der Waals surface area contributed by atoms with Gasteiger partial charge >= 0.3 is 0 Å². The molecule has 8 nitrogen and oxygen atoms in total. The average Bonchev–Trinajstić information content (AvgIpc) is 3.38. The van der Waals surface area contributed by atoms with Crippen LogP contribution in [-0.4, -0.2) is 51.4 Å². The summed E-state index contributed by atoms with van der Waals surface area (Å²) in [6, 6.07) is 5.57. The number of fused-ring (bicyclic) bond motifs is 1. The Labute approximate surface area is 167 Å². The van der Waals surface area contributed by atoms with E-state index in [0.717, 1.165) is 36.4 Å². The summed E-state index contributed by atoms with van der Waals surface area (Å²) in [6.45, 7) is 4.37. The summed E-state index contributed by atoms with van der Waals surface area (Å²) < 4.78 is 20.3. The maximum atomic E-state index is 13.0. The van der Waals surface area contributed by atoms with E-state index in [0.29, 0.717) is 24.8 Å². The normalized spacial score (nSPS) is 17.4. The van der Waals surface area contributed by atoms with Crippen molar-refractivity contribution in [3.63, 3.8) is 0 Å². The first-order valence-corrected chi connectivity index (χ1v) is 9.70. The van der Waals surface area contributed by atoms with Crippen LogP contribution in [-0.2, 0) is 11.3 Å². The van der Waals surface area contributed by atoms with Gasteiger partial charge in [0, 0.05) is 31.4 Å². The Morgan fingerprint density at radius 3 is 2.90 bits per heavy atom. The van der Waals surface area contributed by atoms with Crippen LogP contribution in [0.2, 0.25) is 0 Å². The SMILES string of the molecule is C[C@@H](Oc1ccc(F)cc1)C(=O)NCCn1nc([C@H]2CCNC2)c2nccnc21. The molecule has 1 saturated heterocycles. The van der Waals surface area contributed by atoms with E-state index in [1.165, 1.54) is 24.3 Å². The highest BCUT2D eigenvalue weighted by atomic mass is 19.1. The van der Waals surface area contributed by atoms with Crippen LogP contribution >= 0.6 is 0 Å². The molecule has 3 aromatic rings. The fraction of sp³-hybridized carbons (Fsp3) is 0.400. The lowest BCUT2D eigenvalue weighted by atomic mass is 10.0. The predicted molar refractivity (Wildman–Crippen MR) is 105 cm³/mol. The number of ether oxygens (including phenoxy) is 1. The molecule has 0 unspecified atom stereocenters. The molecule has 3 heterocycles. The van der Waals surface area contributed by atoms with E-state index < -0.39 is 6.10 Å². The lowest BCUT2D eigenvalue weighted by molar-refractivity contribution is -0.127. The molecule has 152 valence electrons. The third kappa shape index (κ3) is 4.34. The standard InChI is InChI=1S/C20H23FN6O2/c1-13(29-16-4-2-15(21)3-5-16)20(28)25-10-11-27-19-18(23-8-9-24-19)17(26-27)14-6-7-22-12-14/h2-5,8-9,13-14,22H,6-7,10-12H2,1H3,(H,25,28)/t13-,14+/m1/s1. The van der Waals surface area contributed by atoms with Crippen LogP contribution in [0.3, 0.4) is 0 Å². The van der Waals surface area contributed by atoms with Crippen molar-refractivity contribution >= 4 is 17.1 Å². The third-order valence-corrected chi connectivity index (χ3v) is 4.96. The molecule has 2 aromatic heterocycles. The quantitative estimate of drug-likeness (QED) is 0.628. The number of hydrogen-bond acceptors (Lipinski definition) is 6. The lowest BCUT2D eigenvalue weighted by Crippen LogP contribution is -2.38. The Balaban J connectivity index is 1.37. The van der Waals surface area contributed by atoms with E-state index in [9.17, 15) is 9.18 Å². The minimum atomic E-state index is -0.699. The average molecular weight is 398 g/mol. The van der Waals surface area contributed by atoms with Crippen LogP contribution in [0.5, 0.6) is 5.75 Å². The van der Waals surface area contributed by atoms with Gasteiger partial charge in [-0.05, 0) is 44.2 Å². The zero-order chi connectivity index (χ0) is 20.2. The van der Waals surface area contributed by atoms with Crippen LogP contribution in [0.25, 0.3) is 11.2 Å². The number of amides is 1. The van der Waals surface area contributed by atoms with Crippen molar-refractivity contribution in [3.05, 3.63) is 48.2 Å². The van der Waals surface area contributed by atoms with E-state index in [4.69, 9.17) is 9.84 Å². The summed E-state index contributed by atoms with van der Waals surface area (Å²) in [5.41, 5.74) is 2.50. The van der Waals surface area contributed by atoms with Crippen LogP contribution in [0, 0.1) is 5.82 Å². The fourth-order valence-electron chi connectivity index (χ4n) is 3.44. The Morgan fingerprint density at radius 2 is 2.14 bits per heavy atom. The second-order valence-electron chi connectivity index (χ2n) is 7.03. The van der Waals surface area contributed by atoms with Crippen molar-refractivity contribution in [3.8, 4) is 5.75 Å². The van der Waals surface area contributed by atoms with Crippen LogP contribution in [0.1, 0.15) is 25.0 Å². The number of hydrogen-bond donors (Lipinski definition) is 2. The molecule has 1 aliphatic rings. The fourth-order valence-corrected chi connectivity index (χ4v) is 3.44. The van der Waals surface area contributed by atoms with Crippen molar-refractivity contribution in [1.29, 1.82) is 0 Å². The number of nitrogens with one attached hydrogen (secondary N) is 2. The molecule has 1 aromatic carbocycles. The van der Waals surface area contributed by atoms with Gasteiger partial charge in [0.25, 0.3) is 5.91 Å². The highest BCUT2D eigenvalue weighted by molar-refractivity contribution is 5.80. The van der Waals surface area contributed by atoms with Crippen LogP contribution < -0.4 is 15.4 Å². The zero-order valence-electron chi connectivity index (χ0n) is 16.1. The van der Waals surface area contributed by atoms with Gasteiger partial charge in [-0.2, -0.15) is 5.10 Å². The summed E-state index contributed by atoms with van der Waals surface area (Å²) >= 11 is 0. The van der Waals surface area contributed by atoms with E-state index in [-0.39, 0.29) is 11.7 Å². The summed E-state index contributed by atoms with van der Waals surface area (Å²) in [6.07, 6.45) is 3.65. The molecular formula is C20H23FN6O2. The van der Waals surface area contributed by atoms with E-state index in [1.807, 2.05) is 0 Å². The Morgan fingerprint density at radius 1 is 1.34 bits per heavy atom. The summed E-state index contributed by atoms with van der Waals surface area (Å²) in [5, 5.41) is 10.9. The monoisotopic (exact) mass is 398 g/mol. The van der Waals surface area contributed by atoms with Crippen molar-refractivity contribution in [2.75, 3.05) is 19.6 Å². The van der Waals surface area contributed by atoms with Crippen molar-refractivity contribution in [2.45, 2.75) is 31.9 Å². The first kappa shape index (κ1) is 19.3. The second-order valence-corrected chi connectivity index (χ2v) is 7.03. The number of rotatable bonds is 7. The van der Waals surface area contributed by atoms with Gasteiger partial charge in [-0.25, -0.2) is 19.0 Å². The number of benzene rings is 1. The highest BCUT2D eigenvalue weighted by Gasteiger charge is 2.24. The van der Waals surface area contributed by atoms with E-state index in [1.54, 1.807) is 24.0 Å². The molecule has 1 aliphatic heterocycles. The number of nitrogens with zero attached hydrogens (tertiary/aromatic N) is 4. The first-order chi connectivity index (χ1) is 14.1. The molecule has 0 bridgehead atoms. The smallest absolute Gasteiger partial charge is 0.260 e. The molecule has 29 heavy (non-hydrogen) atoms. The lowest BCUT2D eigenvalue weighted by Gasteiger charge is -2.14. The molecule has 4 rings (SSSR count). The van der Waals surface area contributed by atoms with E-state index >= 15 is 0 Å². The third-order valence-electron chi connectivity index (χ3n) is 4.96. The van der Waals surface area contributed by atoms with Gasteiger partial charge in [-0.1, -0.05) is 0 Å². The van der Waals surface area contributed by atoms with E-state index in [2.05, 4.69) is 20.6 Å². The first-order valence-electron chi connectivity index (χ1n) is 9.70. The molecule has 1 fully saturated rings. The van der Waals surface area contributed by atoms with Gasteiger partial charge in [0.2, 0.25) is 0 Å². The maximum Gasteiger partial charge on any atom is 0.260 e. The van der Waals surface area contributed by atoms with Gasteiger partial charge in [0.15, 0.2) is 11.8 Å². The van der Waals surface area contributed by atoms with Gasteiger partial charge in [-0.15, -0.1) is 0 Å². The largest absolute Gasteiger partial charge is 0.481 e. The highest BCUT2D eigenvalue weighted by Crippen LogP contribution is 2.26. The number of carbonyl (C=O) groups excluding carboxylic acids is 1. The minimum absolute atomic E-state index is 0.253. The molecule has 0 aliphatic carbocycles. The number of carbonyl (C=O) groups is 1. The van der Waals surface area contributed by atoms with Crippen LogP contribution in [0.15, 0.2) is 36.7 Å². The van der Waals surface area contributed by atoms with Crippen molar-refractivity contribution in [2.24, 2.45) is 0 Å². The van der Waals surface area contributed by atoms with Gasteiger partial charge in [-0.3, -0.25) is 4.79 Å². The van der Waals surface area contributed by atoms with Gasteiger partial charge in [0.1, 0.15) is 17.1 Å². The molecular weight excluding hydrogens is 375 g/mol. The molecule has 0 radical (unpaired) electrons. The minimum Gasteiger partial charge on any atom is -0.481 e. The second kappa shape index (κ2) is 8.52. The predicted octanol–water partition coefficient (Wildman–Crippen LogP) is 1.63. The maximum absolute atomic E-state index is 13.0. The molecule has 2 N–H and O–H groups in total. The number of halogens is 1. The summed E-state index contributed by atoms with van der Waals surface area (Å²) in [5.74, 6) is 0.167. The summed E-state index contributed by atoms with van der Waals surface area (Å²) in [7, 11) is 0. The van der Waals surface area contributed by atoms with Crippen LogP contribution in [0.4, 0.5) is 4.39 Å². The number of aromatic nitrogens is 4. The van der Waals surface area contributed by atoms with Crippen molar-refractivity contribution in [1.82, 2.24) is 30.4 Å². The molecule has 0 spiro atoms. The molecule has 1 amide bonds. The van der Waals surface area contributed by atoms with Gasteiger partial charge in [0.05, 0.1) is 12.2 Å². The Bertz CT molecular complexity index is 984. The Hall–Kier alpha value is -3.07. The Kier molecular flexibility index (Phi) is 5.66.